The van der Waals surface area contributed by atoms with Crippen LogP contribution in [0.5, 0.6) is 0 Å². The van der Waals surface area contributed by atoms with Gasteiger partial charge in [-0.25, -0.2) is 4.99 Å². The molecule has 4 nitrogen and oxygen atoms in total. The molecule has 1 heterocycles. The first-order valence-corrected chi connectivity index (χ1v) is 10.6. The van der Waals surface area contributed by atoms with E-state index in [2.05, 4.69) is 65.1 Å². The van der Waals surface area contributed by atoms with Gasteiger partial charge in [-0.05, 0) is 50.1 Å². The van der Waals surface area contributed by atoms with Crippen LogP contribution < -0.4 is 15.5 Å². The highest BCUT2D eigenvalue weighted by Crippen LogP contribution is 2.28. The molecule has 25 heavy (non-hydrogen) atoms. The lowest BCUT2D eigenvalue weighted by Crippen LogP contribution is -2.42. The summed E-state index contributed by atoms with van der Waals surface area (Å²) in [5.41, 5.74) is 2.55. The van der Waals surface area contributed by atoms with E-state index in [1.807, 2.05) is 11.8 Å². The first-order valence-electron chi connectivity index (χ1n) is 9.35. The van der Waals surface area contributed by atoms with Crippen LogP contribution in [0.1, 0.15) is 31.7 Å². The predicted molar refractivity (Wildman–Crippen MR) is 111 cm³/mol. The molecule has 1 aliphatic heterocycles. The Kier molecular flexibility index (Phi) is 6.68. The van der Waals surface area contributed by atoms with Crippen LogP contribution in [0.2, 0.25) is 0 Å². The highest BCUT2D eigenvalue weighted by atomic mass is 32.2. The van der Waals surface area contributed by atoms with Crippen molar-refractivity contribution in [2.45, 2.75) is 44.0 Å². The third-order valence-corrected chi connectivity index (χ3v) is 6.01. The summed E-state index contributed by atoms with van der Waals surface area (Å²) in [7, 11) is 0. The minimum Gasteiger partial charge on any atom is -0.364 e. The van der Waals surface area contributed by atoms with Gasteiger partial charge in [0.2, 0.25) is 0 Å². The lowest BCUT2D eigenvalue weighted by atomic mass is 10.2. The fraction of sp³-hybridized carbons (Fsp3) is 0.550. The van der Waals surface area contributed by atoms with Crippen molar-refractivity contribution in [1.82, 2.24) is 10.6 Å². The first-order chi connectivity index (χ1) is 12.3. The van der Waals surface area contributed by atoms with Crippen LogP contribution >= 0.6 is 11.8 Å². The zero-order valence-electron chi connectivity index (χ0n) is 15.4. The summed E-state index contributed by atoms with van der Waals surface area (Å²) in [6.45, 7) is 5.75. The molecular weight excluding hydrogens is 328 g/mol. The number of aliphatic imine (C=N–C) groups is 1. The molecule has 136 valence electrons. The zero-order valence-corrected chi connectivity index (χ0v) is 16.2. The largest absolute Gasteiger partial charge is 0.364 e. The molecule has 0 radical (unpaired) electrons. The van der Waals surface area contributed by atoms with Gasteiger partial charge < -0.3 is 15.5 Å². The van der Waals surface area contributed by atoms with Gasteiger partial charge in [0.15, 0.2) is 5.96 Å². The number of rotatable bonds is 6. The quantitative estimate of drug-likeness (QED) is 0.464. The summed E-state index contributed by atoms with van der Waals surface area (Å²) < 4.78 is 0. The molecule has 0 bridgehead atoms. The number of thioether (sulfide) groups is 1. The maximum absolute atomic E-state index is 4.82. The maximum Gasteiger partial charge on any atom is 0.191 e. The maximum atomic E-state index is 4.82. The van der Waals surface area contributed by atoms with E-state index in [1.165, 1.54) is 30.5 Å². The van der Waals surface area contributed by atoms with E-state index in [9.17, 15) is 0 Å². The average Bonchev–Trinajstić information content (AvgIpc) is 3.32. The second-order valence-electron chi connectivity index (χ2n) is 6.75. The highest BCUT2D eigenvalue weighted by Gasteiger charge is 2.24. The third kappa shape index (κ3) is 5.18. The molecule has 2 N–H and O–H groups in total. The number of nitrogens with one attached hydrogen (secondary N) is 2. The van der Waals surface area contributed by atoms with Gasteiger partial charge in [-0.1, -0.05) is 24.3 Å². The molecule has 3 rings (SSSR count). The standard InChI is InChI=1S/C20H30N4S/c1-3-21-20(23-17-9-10-19(14-17)25-2)22-15-16-7-6-8-18(13-16)24-11-4-5-12-24/h4-8,13,17,19H,3,9-12,14-15H2,1-2H3,(H2,21,22,23). The van der Waals surface area contributed by atoms with Gasteiger partial charge in [-0.15, -0.1) is 0 Å². The third-order valence-electron chi connectivity index (χ3n) is 4.92. The fourth-order valence-electron chi connectivity index (χ4n) is 3.51. The fourth-order valence-corrected chi connectivity index (χ4v) is 4.31. The van der Waals surface area contributed by atoms with Crippen LogP contribution in [0.4, 0.5) is 5.69 Å². The Labute approximate surface area is 156 Å². The number of benzene rings is 1. The average molecular weight is 359 g/mol. The summed E-state index contributed by atoms with van der Waals surface area (Å²) in [4.78, 5) is 7.19. The number of anilines is 1. The topological polar surface area (TPSA) is 39.7 Å². The van der Waals surface area contributed by atoms with E-state index < -0.39 is 0 Å². The zero-order chi connectivity index (χ0) is 17.5. The van der Waals surface area contributed by atoms with Crippen molar-refractivity contribution < 1.29 is 0 Å². The summed E-state index contributed by atoms with van der Waals surface area (Å²) in [5, 5.41) is 7.82. The minimum atomic E-state index is 0.553. The highest BCUT2D eigenvalue weighted by molar-refractivity contribution is 7.99. The number of hydrogen-bond acceptors (Lipinski definition) is 3. The Hall–Kier alpha value is -1.62. The summed E-state index contributed by atoms with van der Waals surface area (Å²) in [6, 6.07) is 9.31. The Bertz CT molecular complexity index is 605. The summed E-state index contributed by atoms with van der Waals surface area (Å²) >= 11 is 1.99. The van der Waals surface area contributed by atoms with Crippen LogP contribution in [0.15, 0.2) is 41.4 Å². The van der Waals surface area contributed by atoms with Crippen molar-refractivity contribution >= 4 is 23.4 Å². The Morgan fingerprint density at radius 1 is 1.28 bits per heavy atom. The molecular formula is C20H30N4S. The molecule has 1 aliphatic carbocycles. The van der Waals surface area contributed by atoms with Crippen LogP contribution in [0, 0.1) is 0 Å². The van der Waals surface area contributed by atoms with E-state index in [0.717, 1.165) is 30.8 Å². The molecule has 2 aliphatic rings. The molecule has 0 saturated heterocycles. The van der Waals surface area contributed by atoms with Gasteiger partial charge in [0.05, 0.1) is 6.54 Å². The minimum absolute atomic E-state index is 0.553. The normalized spacial score (nSPS) is 23.3. The van der Waals surface area contributed by atoms with Crippen molar-refractivity contribution in [3.63, 3.8) is 0 Å². The van der Waals surface area contributed by atoms with Crippen molar-refractivity contribution in [2.75, 3.05) is 30.8 Å². The smallest absolute Gasteiger partial charge is 0.191 e. The monoisotopic (exact) mass is 358 g/mol. The molecule has 0 amide bonds. The van der Waals surface area contributed by atoms with Gasteiger partial charge in [0.1, 0.15) is 0 Å². The van der Waals surface area contributed by atoms with E-state index in [1.54, 1.807) is 0 Å². The predicted octanol–water partition coefficient (Wildman–Crippen LogP) is 3.40. The molecule has 1 aromatic carbocycles. The van der Waals surface area contributed by atoms with E-state index >= 15 is 0 Å². The molecule has 2 unspecified atom stereocenters. The van der Waals surface area contributed by atoms with Crippen LogP contribution in [-0.2, 0) is 6.54 Å². The molecule has 1 saturated carbocycles. The number of nitrogens with zero attached hydrogens (tertiary/aromatic N) is 2. The Morgan fingerprint density at radius 2 is 2.12 bits per heavy atom. The molecule has 1 fully saturated rings. The van der Waals surface area contributed by atoms with Gasteiger partial charge >= 0.3 is 0 Å². The van der Waals surface area contributed by atoms with Crippen LogP contribution in [-0.4, -0.2) is 43.1 Å². The molecule has 0 aromatic heterocycles. The van der Waals surface area contributed by atoms with Gasteiger partial charge in [-0.2, -0.15) is 11.8 Å². The summed E-state index contributed by atoms with van der Waals surface area (Å²) in [5.74, 6) is 0.947. The van der Waals surface area contributed by atoms with E-state index in [4.69, 9.17) is 4.99 Å². The molecule has 1 aromatic rings. The second kappa shape index (κ2) is 9.18. The lowest BCUT2D eigenvalue weighted by Gasteiger charge is -2.19. The van der Waals surface area contributed by atoms with Crippen molar-refractivity contribution in [2.24, 2.45) is 4.99 Å². The number of hydrogen-bond donors (Lipinski definition) is 2. The van der Waals surface area contributed by atoms with Crippen LogP contribution in [0.3, 0.4) is 0 Å². The first kappa shape index (κ1) is 18.2. The van der Waals surface area contributed by atoms with Crippen LogP contribution in [0.25, 0.3) is 0 Å². The number of guanidine groups is 1. The molecule has 0 spiro atoms. The lowest BCUT2D eigenvalue weighted by molar-refractivity contribution is 0.615. The van der Waals surface area contributed by atoms with E-state index in [-0.39, 0.29) is 0 Å². The van der Waals surface area contributed by atoms with Gasteiger partial charge in [0, 0.05) is 36.6 Å². The Balaban J connectivity index is 1.60. The van der Waals surface area contributed by atoms with Gasteiger partial charge in [-0.3, -0.25) is 0 Å². The molecule has 5 heteroatoms. The Morgan fingerprint density at radius 3 is 2.84 bits per heavy atom. The van der Waals surface area contributed by atoms with Crippen molar-refractivity contribution in [3.8, 4) is 0 Å². The SMILES string of the molecule is CCNC(=NCc1cccc(N2CC=CC2)c1)NC1CCC(SC)C1. The second-order valence-corrected chi connectivity index (χ2v) is 7.89. The van der Waals surface area contributed by atoms with E-state index in [0.29, 0.717) is 12.6 Å². The molecule has 2 atom stereocenters. The van der Waals surface area contributed by atoms with Gasteiger partial charge in [0.25, 0.3) is 0 Å². The van der Waals surface area contributed by atoms with Crippen molar-refractivity contribution in [3.05, 3.63) is 42.0 Å². The van der Waals surface area contributed by atoms with Crippen molar-refractivity contribution in [1.29, 1.82) is 0 Å². The summed E-state index contributed by atoms with van der Waals surface area (Å²) in [6.07, 6.45) is 10.5.